The van der Waals surface area contributed by atoms with Gasteiger partial charge in [-0.3, -0.25) is 9.59 Å². The SMILES string of the molecule is CC1CN(S(=O)(=O)c2ccc(C(=O)NCC(C)C(=O)O)cc2)CC(C)O1. The number of morpholine rings is 1. The second-order valence-electron chi connectivity index (χ2n) is 6.55. The quantitative estimate of drug-likeness (QED) is 0.755. The molecule has 2 rings (SSSR count). The first-order valence-electron chi connectivity index (χ1n) is 8.38. The predicted octanol–water partition coefficient (Wildman–Crippen LogP) is 0.935. The summed E-state index contributed by atoms with van der Waals surface area (Å²) in [6, 6.07) is 5.60. The van der Waals surface area contributed by atoms with Crippen LogP contribution in [-0.2, 0) is 19.6 Å². The minimum Gasteiger partial charge on any atom is -0.481 e. The van der Waals surface area contributed by atoms with Gasteiger partial charge in [-0.15, -0.1) is 0 Å². The van der Waals surface area contributed by atoms with Gasteiger partial charge in [0, 0.05) is 25.2 Å². The summed E-state index contributed by atoms with van der Waals surface area (Å²) in [5.74, 6) is -2.15. The fourth-order valence-corrected chi connectivity index (χ4v) is 4.28. The van der Waals surface area contributed by atoms with Crippen molar-refractivity contribution in [2.45, 2.75) is 37.9 Å². The van der Waals surface area contributed by atoms with Crippen LogP contribution < -0.4 is 5.32 Å². The lowest BCUT2D eigenvalue weighted by Crippen LogP contribution is -2.48. The minimum absolute atomic E-state index is 0.00221. The van der Waals surface area contributed by atoms with Gasteiger partial charge in [0.25, 0.3) is 5.91 Å². The van der Waals surface area contributed by atoms with Crippen molar-refractivity contribution in [1.29, 1.82) is 0 Å². The number of carbonyl (C=O) groups excluding carboxylic acids is 1. The molecule has 1 aromatic carbocycles. The van der Waals surface area contributed by atoms with Crippen LogP contribution >= 0.6 is 0 Å². The second kappa shape index (κ2) is 8.15. The number of ether oxygens (including phenoxy) is 1. The topological polar surface area (TPSA) is 113 Å². The number of sulfonamides is 1. The predicted molar refractivity (Wildman–Crippen MR) is 94.3 cm³/mol. The van der Waals surface area contributed by atoms with E-state index in [1.54, 1.807) is 0 Å². The Morgan fingerprint density at radius 3 is 2.27 bits per heavy atom. The molecule has 1 fully saturated rings. The second-order valence-corrected chi connectivity index (χ2v) is 8.49. The zero-order valence-corrected chi connectivity index (χ0v) is 15.8. The van der Waals surface area contributed by atoms with Crippen molar-refractivity contribution >= 4 is 21.9 Å². The number of nitrogens with zero attached hydrogens (tertiary/aromatic N) is 1. The van der Waals surface area contributed by atoms with E-state index in [-0.39, 0.29) is 42.3 Å². The van der Waals surface area contributed by atoms with Crippen LogP contribution in [0.4, 0.5) is 0 Å². The molecule has 2 N–H and O–H groups in total. The monoisotopic (exact) mass is 384 g/mol. The number of rotatable bonds is 6. The first-order chi connectivity index (χ1) is 12.1. The maximum Gasteiger partial charge on any atom is 0.308 e. The van der Waals surface area contributed by atoms with E-state index in [1.807, 2.05) is 13.8 Å². The summed E-state index contributed by atoms with van der Waals surface area (Å²) >= 11 is 0. The van der Waals surface area contributed by atoms with Gasteiger partial charge in [0.15, 0.2) is 0 Å². The van der Waals surface area contributed by atoms with Crippen LogP contribution in [0.1, 0.15) is 31.1 Å². The Morgan fingerprint density at radius 2 is 1.77 bits per heavy atom. The highest BCUT2D eigenvalue weighted by atomic mass is 32.2. The molecule has 144 valence electrons. The standard InChI is InChI=1S/C17H24N2O6S/c1-11(17(21)22)8-18-16(20)14-4-6-15(7-5-14)26(23,24)19-9-12(2)25-13(3)10-19/h4-7,11-13H,8-10H2,1-3H3,(H,18,20)(H,21,22). The van der Waals surface area contributed by atoms with Gasteiger partial charge in [-0.05, 0) is 38.1 Å². The van der Waals surface area contributed by atoms with Crippen molar-refractivity contribution in [1.82, 2.24) is 9.62 Å². The minimum atomic E-state index is -3.66. The van der Waals surface area contributed by atoms with E-state index < -0.39 is 27.8 Å². The Labute approximate surface area is 153 Å². The summed E-state index contributed by atoms with van der Waals surface area (Å²) < 4.78 is 32.5. The number of amides is 1. The van der Waals surface area contributed by atoms with Crippen LogP contribution in [0.25, 0.3) is 0 Å². The molecule has 1 amide bonds. The zero-order chi connectivity index (χ0) is 19.5. The van der Waals surface area contributed by atoms with E-state index in [2.05, 4.69) is 5.32 Å². The number of benzene rings is 1. The third kappa shape index (κ3) is 4.80. The van der Waals surface area contributed by atoms with Crippen molar-refractivity contribution in [3.63, 3.8) is 0 Å². The average molecular weight is 384 g/mol. The maximum atomic E-state index is 12.8. The molecule has 1 aliphatic heterocycles. The lowest BCUT2D eigenvalue weighted by atomic mass is 10.1. The Morgan fingerprint density at radius 1 is 1.23 bits per heavy atom. The molecule has 3 unspecified atom stereocenters. The average Bonchev–Trinajstić information content (AvgIpc) is 2.58. The fourth-order valence-electron chi connectivity index (χ4n) is 2.69. The number of carbonyl (C=O) groups is 2. The van der Waals surface area contributed by atoms with E-state index in [1.165, 1.54) is 35.5 Å². The van der Waals surface area contributed by atoms with E-state index in [9.17, 15) is 18.0 Å². The van der Waals surface area contributed by atoms with Crippen molar-refractivity contribution in [2.24, 2.45) is 5.92 Å². The highest BCUT2D eigenvalue weighted by molar-refractivity contribution is 7.89. The Hall–Kier alpha value is -1.97. The highest BCUT2D eigenvalue weighted by Crippen LogP contribution is 2.21. The molecular weight excluding hydrogens is 360 g/mol. The molecule has 8 nitrogen and oxygen atoms in total. The van der Waals surface area contributed by atoms with Crippen molar-refractivity contribution < 1.29 is 27.9 Å². The van der Waals surface area contributed by atoms with Crippen LogP contribution in [0.2, 0.25) is 0 Å². The third-order valence-electron chi connectivity index (χ3n) is 4.13. The molecule has 9 heteroatoms. The van der Waals surface area contributed by atoms with E-state index >= 15 is 0 Å². The van der Waals surface area contributed by atoms with Gasteiger partial charge in [-0.1, -0.05) is 6.92 Å². The van der Waals surface area contributed by atoms with E-state index in [4.69, 9.17) is 9.84 Å². The van der Waals surface area contributed by atoms with Gasteiger partial charge in [-0.25, -0.2) is 8.42 Å². The lowest BCUT2D eigenvalue weighted by Gasteiger charge is -2.34. The maximum absolute atomic E-state index is 12.8. The number of aliphatic carboxylic acids is 1. The summed E-state index contributed by atoms with van der Waals surface area (Å²) in [5.41, 5.74) is 0.269. The molecule has 3 atom stereocenters. The molecule has 1 heterocycles. The molecule has 0 aromatic heterocycles. The number of hydrogen-bond donors (Lipinski definition) is 2. The molecule has 1 aliphatic rings. The van der Waals surface area contributed by atoms with Crippen molar-refractivity contribution in [3.8, 4) is 0 Å². The summed E-state index contributed by atoms with van der Waals surface area (Å²) in [4.78, 5) is 22.9. The Bertz CT molecular complexity index is 752. The van der Waals surface area contributed by atoms with Gasteiger partial charge in [0.2, 0.25) is 10.0 Å². The number of nitrogens with one attached hydrogen (secondary N) is 1. The first-order valence-corrected chi connectivity index (χ1v) is 9.82. The summed E-state index contributed by atoms with van der Waals surface area (Å²) in [7, 11) is -3.66. The smallest absolute Gasteiger partial charge is 0.308 e. The molecule has 0 saturated carbocycles. The summed E-state index contributed by atoms with van der Waals surface area (Å²) in [6.45, 7) is 5.69. The van der Waals surface area contributed by atoms with Crippen LogP contribution in [-0.4, -0.2) is 61.5 Å². The van der Waals surface area contributed by atoms with Crippen LogP contribution in [0.5, 0.6) is 0 Å². The number of hydrogen-bond acceptors (Lipinski definition) is 5. The Kier molecular flexibility index (Phi) is 6.38. The van der Waals surface area contributed by atoms with Crippen LogP contribution in [0.15, 0.2) is 29.2 Å². The van der Waals surface area contributed by atoms with E-state index in [0.717, 1.165) is 0 Å². The molecule has 0 aliphatic carbocycles. The normalized spacial score (nSPS) is 22.6. The molecule has 1 saturated heterocycles. The summed E-state index contributed by atoms with van der Waals surface area (Å²) in [6.07, 6.45) is -0.371. The first kappa shape index (κ1) is 20.3. The molecule has 26 heavy (non-hydrogen) atoms. The van der Waals surface area contributed by atoms with Gasteiger partial charge in [0.1, 0.15) is 0 Å². The molecule has 0 bridgehead atoms. The fraction of sp³-hybridized carbons (Fsp3) is 0.529. The largest absolute Gasteiger partial charge is 0.481 e. The lowest BCUT2D eigenvalue weighted by molar-refractivity contribution is -0.140. The summed E-state index contributed by atoms with van der Waals surface area (Å²) in [5, 5.41) is 11.3. The highest BCUT2D eigenvalue weighted by Gasteiger charge is 2.32. The van der Waals surface area contributed by atoms with Crippen LogP contribution in [0.3, 0.4) is 0 Å². The molecule has 0 spiro atoms. The van der Waals surface area contributed by atoms with Gasteiger partial charge in [-0.2, -0.15) is 4.31 Å². The van der Waals surface area contributed by atoms with E-state index in [0.29, 0.717) is 0 Å². The molecular formula is C17H24N2O6S. The Balaban J connectivity index is 2.08. The molecule has 0 radical (unpaired) electrons. The van der Waals surface area contributed by atoms with Gasteiger partial charge < -0.3 is 15.2 Å². The van der Waals surface area contributed by atoms with Gasteiger partial charge in [0.05, 0.1) is 23.0 Å². The zero-order valence-electron chi connectivity index (χ0n) is 15.0. The van der Waals surface area contributed by atoms with Crippen LogP contribution in [0, 0.1) is 5.92 Å². The van der Waals surface area contributed by atoms with Crippen molar-refractivity contribution in [3.05, 3.63) is 29.8 Å². The van der Waals surface area contributed by atoms with Gasteiger partial charge >= 0.3 is 5.97 Å². The molecule has 1 aromatic rings. The number of carboxylic acids is 1. The third-order valence-corrected chi connectivity index (χ3v) is 5.98. The van der Waals surface area contributed by atoms with Crippen molar-refractivity contribution in [2.75, 3.05) is 19.6 Å². The number of carboxylic acid groups (broad SMARTS) is 1.